The van der Waals surface area contributed by atoms with Crippen LogP contribution in [0.15, 0.2) is 23.1 Å². The number of anilines is 1. The standard InChI is InChI=1S/C12H17ClN2O2S/c1-2-7-15(10-4-5-10)18(16,17)12-6-3-9(13)8-11(12)14/h3,6,8,10H,2,4-5,7,14H2,1H3. The first kappa shape index (κ1) is 13.6. The number of nitrogens with two attached hydrogens (primary N) is 1. The van der Waals surface area contributed by atoms with Crippen LogP contribution in [0.4, 0.5) is 5.69 Å². The molecule has 0 spiro atoms. The predicted octanol–water partition coefficient (Wildman–Crippen LogP) is 2.49. The molecule has 0 amide bonds. The number of hydrogen-bond donors (Lipinski definition) is 1. The van der Waals surface area contributed by atoms with Crippen LogP contribution in [0.1, 0.15) is 26.2 Å². The minimum atomic E-state index is -3.50. The molecule has 1 fully saturated rings. The first-order valence-corrected chi connectivity index (χ1v) is 7.85. The molecule has 1 aliphatic rings. The van der Waals surface area contributed by atoms with Crippen molar-refractivity contribution in [3.8, 4) is 0 Å². The third-order valence-corrected chi connectivity index (χ3v) is 5.22. The Morgan fingerprint density at radius 1 is 1.44 bits per heavy atom. The van der Waals surface area contributed by atoms with E-state index in [1.54, 1.807) is 10.4 Å². The molecule has 1 aromatic rings. The van der Waals surface area contributed by atoms with E-state index in [-0.39, 0.29) is 16.6 Å². The lowest BCUT2D eigenvalue weighted by atomic mass is 10.3. The van der Waals surface area contributed by atoms with E-state index >= 15 is 0 Å². The number of rotatable bonds is 5. The van der Waals surface area contributed by atoms with E-state index in [0.717, 1.165) is 19.3 Å². The van der Waals surface area contributed by atoms with Gasteiger partial charge in [-0.05, 0) is 37.5 Å². The van der Waals surface area contributed by atoms with Crippen molar-refractivity contribution < 1.29 is 8.42 Å². The Morgan fingerprint density at radius 3 is 2.61 bits per heavy atom. The van der Waals surface area contributed by atoms with Gasteiger partial charge in [0.2, 0.25) is 10.0 Å². The molecule has 0 aliphatic heterocycles. The maximum Gasteiger partial charge on any atom is 0.245 e. The summed E-state index contributed by atoms with van der Waals surface area (Å²) in [6.07, 6.45) is 2.67. The van der Waals surface area contributed by atoms with Gasteiger partial charge in [-0.25, -0.2) is 8.42 Å². The maximum absolute atomic E-state index is 12.5. The van der Waals surface area contributed by atoms with Crippen LogP contribution in [0.2, 0.25) is 5.02 Å². The van der Waals surface area contributed by atoms with Crippen LogP contribution in [0.3, 0.4) is 0 Å². The second-order valence-electron chi connectivity index (χ2n) is 4.53. The number of nitrogen functional groups attached to an aromatic ring is 1. The summed E-state index contributed by atoms with van der Waals surface area (Å²) < 4.78 is 26.6. The molecular formula is C12H17ClN2O2S. The molecule has 0 atom stereocenters. The van der Waals surface area contributed by atoms with Crippen molar-refractivity contribution in [2.45, 2.75) is 37.1 Å². The molecule has 0 saturated heterocycles. The molecular weight excluding hydrogens is 272 g/mol. The lowest BCUT2D eigenvalue weighted by Gasteiger charge is -2.22. The Morgan fingerprint density at radius 2 is 2.11 bits per heavy atom. The fourth-order valence-electron chi connectivity index (χ4n) is 1.96. The van der Waals surface area contributed by atoms with Gasteiger partial charge in [-0.3, -0.25) is 0 Å². The summed E-state index contributed by atoms with van der Waals surface area (Å²) in [5.41, 5.74) is 5.98. The van der Waals surface area contributed by atoms with Crippen molar-refractivity contribution in [1.29, 1.82) is 0 Å². The predicted molar refractivity (Wildman–Crippen MR) is 73.1 cm³/mol. The summed E-state index contributed by atoms with van der Waals surface area (Å²) in [5.74, 6) is 0. The highest BCUT2D eigenvalue weighted by Crippen LogP contribution is 2.34. The van der Waals surface area contributed by atoms with Crippen LogP contribution in [0.5, 0.6) is 0 Å². The first-order valence-electron chi connectivity index (χ1n) is 6.03. The van der Waals surface area contributed by atoms with Crippen LogP contribution in [-0.4, -0.2) is 25.3 Å². The summed E-state index contributed by atoms with van der Waals surface area (Å²) in [7, 11) is -3.50. The quantitative estimate of drug-likeness (QED) is 0.847. The molecule has 18 heavy (non-hydrogen) atoms. The summed E-state index contributed by atoms with van der Waals surface area (Å²) >= 11 is 5.79. The highest BCUT2D eigenvalue weighted by Gasteiger charge is 2.38. The van der Waals surface area contributed by atoms with Gasteiger partial charge >= 0.3 is 0 Å². The van der Waals surface area contributed by atoms with E-state index in [0.29, 0.717) is 11.6 Å². The maximum atomic E-state index is 12.5. The van der Waals surface area contributed by atoms with Crippen molar-refractivity contribution in [2.75, 3.05) is 12.3 Å². The van der Waals surface area contributed by atoms with E-state index in [2.05, 4.69) is 0 Å². The van der Waals surface area contributed by atoms with E-state index in [1.807, 2.05) is 6.92 Å². The molecule has 0 radical (unpaired) electrons. The molecule has 0 unspecified atom stereocenters. The summed E-state index contributed by atoms with van der Waals surface area (Å²) in [6.45, 7) is 2.51. The fraction of sp³-hybridized carbons (Fsp3) is 0.500. The topological polar surface area (TPSA) is 63.4 Å². The zero-order valence-corrected chi connectivity index (χ0v) is 11.8. The third-order valence-electron chi connectivity index (χ3n) is 2.96. The summed E-state index contributed by atoms with van der Waals surface area (Å²) in [5, 5.41) is 0.444. The van der Waals surface area contributed by atoms with Gasteiger partial charge in [-0.2, -0.15) is 4.31 Å². The van der Waals surface area contributed by atoms with E-state index < -0.39 is 10.0 Å². The monoisotopic (exact) mass is 288 g/mol. The van der Waals surface area contributed by atoms with Gasteiger partial charge in [-0.1, -0.05) is 18.5 Å². The van der Waals surface area contributed by atoms with Gasteiger partial charge < -0.3 is 5.73 Å². The number of hydrogen-bond acceptors (Lipinski definition) is 3. The van der Waals surface area contributed by atoms with Gasteiger partial charge in [0.05, 0.1) is 5.69 Å². The average Bonchev–Trinajstić information content (AvgIpc) is 3.08. The minimum absolute atomic E-state index is 0.144. The van der Waals surface area contributed by atoms with Gasteiger partial charge in [0, 0.05) is 17.6 Å². The lowest BCUT2D eigenvalue weighted by Crippen LogP contribution is -2.34. The molecule has 0 bridgehead atoms. The molecule has 1 aromatic carbocycles. The van der Waals surface area contributed by atoms with Gasteiger partial charge in [0.15, 0.2) is 0 Å². The van der Waals surface area contributed by atoms with Gasteiger partial charge in [0.25, 0.3) is 0 Å². The Kier molecular flexibility index (Phi) is 3.84. The number of sulfonamides is 1. The molecule has 0 aromatic heterocycles. The van der Waals surface area contributed by atoms with Gasteiger partial charge in [0.1, 0.15) is 4.90 Å². The molecule has 1 aliphatic carbocycles. The van der Waals surface area contributed by atoms with Crippen molar-refractivity contribution in [3.63, 3.8) is 0 Å². The van der Waals surface area contributed by atoms with Crippen LogP contribution in [0, 0.1) is 0 Å². The van der Waals surface area contributed by atoms with Crippen molar-refractivity contribution >= 4 is 27.3 Å². The Bertz CT molecular complexity index is 541. The van der Waals surface area contributed by atoms with Crippen LogP contribution < -0.4 is 5.73 Å². The second-order valence-corrected chi connectivity index (χ2v) is 6.82. The number of halogens is 1. The zero-order valence-electron chi connectivity index (χ0n) is 10.3. The summed E-state index contributed by atoms with van der Waals surface area (Å²) in [4.78, 5) is 0.159. The van der Waals surface area contributed by atoms with Gasteiger partial charge in [-0.15, -0.1) is 0 Å². The molecule has 0 heterocycles. The zero-order chi connectivity index (χ0) is 13.3. The molecule has 6 heteroatoms. The van der Waals surface area contributed by atoms with Crippen molar-refractivity contribution in [3.05, 3.63) is 23.2 Å². The van der Waals surface area contributed by atoms with Crippen LogP contribution >= 0.6 is 11.6 Å². The smallest absolute Gasteiger partial charge is 0.245 e. The Balaban J connectivity index is 2.39. The minimum Gasteiger partial charge on any atom is -0.398 e. The van der Waals surface area contributed by atoms with E-state index in [1.165, 1.54) is 12.1 Å². The molecule has 2 N–H and O–H groups in total. The molecule has 4 nitrogen and oxygen atoms in total. The highest BCUT2D eigenvalue weighted by atomic mass is 35.5. The number of benzene rings is 1. The summed E-state index contributed by atoms with van der Waals surface area (Å²) in [6, 6.07) is 4.66. The van der Waals surface area contributed by atoms with E-state index in [9.17, 15) is 8.42 Å². The molecule has 1 saturated carbocycles. The van der Waals surface area contributed by atoms with Crippen LogP contribution in [0.25, 0.3) is 0 Å². The van der Waals surface area contributed by atoms with Crippen molar-refractivity contribution in [1.82, 2.24) is 4.31 Å². The average molecular weight is 289 g/mol. The van der Waals surface area contributed by atoms with Crippen LogP contribution in [-0.2, 0) is 10.0 Å². The highest BCUT2D eigenvalue weighted by molar-refractivity contribution is 7.89. The van der Waals surface area contributed by atoms with Crippen molar-refractivity contribution in [2.24, 2.45) is 0 Å². The largest absolute Gasteiger partial charge is 0.398 e. The fourth-order valence-corrected chi connectivity index (χ4v) is 4.02. The lowest BCUT2D eigenvalue weighted by molar-refractivity contribution is 0.403. The first-order chi connectivity index (χ1) is 8.46. The second kappa shape index (κ2) is 5.07. The Hall–Kier alpha value is -0.780. The third kappa shape index (κ3) is 2.63. The number of nitrogens with zero attached hydrogens (tertiary/aromatic N) is 1. The Labute approximate surface area is 113 Å². The molecule has 2 rings (SSSR count). The molecule has 100 valence electrons. The van der Waals surface area contributed by atoms with E-state index in [4.69, 9.17) is 17.3 Å². The normalized spacial score (nSPS) is 16.2. The SMILES string of the molecule is CCCN(C1CC1)S(=O)(=O)c1ccc(Cl)cc1N.